The number of nitrogens with zero attached hydrogens (tertiary/aromatic N) is 2. The average molecular weight is 502 g/mol. The van der Waals surface area contributed by atoms with Gasteiger partial charge in [-0.15, -0.1) is 0 Å². The van der Waals surface area contributed by atoms with Gasteiger partial charge in [-0.25, -0.2) is 9.78 Å². The molecule has 0 radical (unpaired) electrons. The second kappa shape index (κ2) is 8.10. The second-order valence-corrected chi connectivity index (χ2v) is 9.34. The molecular formula is C26H20ClN5O4. The Bertz CT molecular complexity index is 1850. The monoisotopic (exact) mass is 501 g/mol. The molecular weight excluding hydrogens is 482 g/mol. The van der Waals surface area contributed by atoms with E-state index in [1.807, 2.05) is 12.1 Å². The van der Waals surface area contributed by atoms with Crippen LogP contribution >= 0.6 is 11.6 Å². The van der Waals surface area contributed by atoms with Gasteiger partial charge in [0, 0.05) is 39.8 Å². The molecule has 0 unspecified atom stereocenters. The first-order chi connectivity index (χ1) is 17.3. The van der Waals surface area contributed by atoms with Crippen LogP contribution in [0.5, 0.6) is 0 Å². The molecule has 0 atom stereocenters. The van der Waals surface area contributed by atoms with Crippen LogP contribution < -0.4 is 16.9 Å². The Morgan fingerprint density at radius 1 is 1.11 bits per heavy atom. The summed E-state index contributed by atoms with van der Waals surface area (Å²) in [7, 11) is 0. The fourth-order valence-electron chi connectivity index (χ4n) is 5.21. The first kappa shape index (κ1) is 22.1. The maximum absolute atomic E-state index is 12.8. The number of carboxylic acid groups (broad SMARTS) is 1. The largest absolute Gasteiger partial charge is 0.477 e. The molecule has 0 saturated heterocycles. The average Bonchev–Trinajstić information content (AvgIpc) is 3.41. The van der Waals surface area contributed by atoms with Gasteiger partial charge >= 0.3 is 5.97 Å². The summed E-state index contributed by atoms with van der Waals surface area (Å²) in [6.07, 6.45) is 4.33. The molecule has 1 aliphatic rings. The first-order valence-electron chi connectivity index (χ1n) is 11.4. The third-order valence-corrected chi connectivity index (χ3v) is 7.14. The van der Waals surface area contributed by atoms with Crippen LogP contribution in [-0.4, -0.2) is 30.6 Å². The molecule has 9 nitrogen and oxygen atoms in total. The number of anilines is 1. The van der Waals surface area contributed by atoms with Crippen molar-refractivity contribution in [2.75, 3.05) is 5.73 Å². The van der Waals surface area contributed by atoms with Crippen molar-refractivity contribution in [1.29, 1.82) is 0 Å². The highest BCUT2D eigenvalue weighted by Gasteiger charge is 2.27. The van der Waals surface area contributed by atoms with Crippen LogP contribution in [0.1, 0.15) is 33.6 Å². The molecule has 1 aliphatic carbocycles. The molecule has 0 saturated carbocycles. The summed E-state index contributed by atoms with van der Waals surface area (Å²) >= 11 is 6.57. The van der Waals surface area contributed by atoms with Gasteiger partial charge in [-0.05, 0) is 72.4 Å². The Hall–Kier alpha value is -4.37. The highest BCUT2D eigenvalue weighted by Crippen LogP contribution is 2.38. The molecule has 5 N–H and O–H groups in total. The van der Waals surface area contributed by atoms with Crippen molar-refractivity contribution >= 4 is 45.3 Å². The number of aryl methyl sites for hydroxylation is 2. The molecule has 0 bridgehead atoms. The summed E-state index contributed by atoms with van der Waals surface area (Å²) in [5.41, 5.74) is 9.36. The number of carbonyl (C=O) groups is 1. The van der Waals surface area contributed by atoms with Crippen molar-refractivity contribution in [3.8, 4) is 11.1 Å². The van der Waals surface area contributed by atoms with Crippen molar-refractivity contribution < 1.29 is 9.90 Å². The topological polar surface area (TPSA) is 147 Å². The summed E-state index contributed by atoms with van der Waals surface area (Å²) in [6.45, 7) is 0.0697. The number of aromatic amines is 2. The number of halogens is 1. The zero-order valence-electron chi connectivity index (χ0n) is 18.9. The van der Waals surface area contributed by atoms with Crippen molar-refractivity contribution in [3.63, 3.8) is 0 Å². The van der Waals surface area contributed by atoms with E-state index in [9.17, 15) is 19.5 Å². The summed E-state index contributed by atoms with van der Waals surface area (Å²) in [5, 5.41) is 11.7. The molecule has 10 heteroatoms. The third kappa shape index (κ3) is 3.39. The number of fused-ring (bicyclic) bond motifs is 3. The number of aromatic carboxylic acids is 1. The van der Waals surface area contributed by atoms with E-state index in [4.69, 9.17) is 17.3 Å². The number of nitrogens with two attached hydrogens (primary N) is 1. The Kier molecular flexibility index (Phi) is 4.97. The third-order valence-electron chi connectivity index (χ3n) is 6.79. The van der Waals surface area contributed by atoms with Gasteiger partial charge < -0.3 is 20.4 Å². The molecule has 3 aromatic heterocycles. The molecule has 3 heterocycles. The van der Waals surface area contributed by atoms with Gasteiger partial charge in [-0.1, -0.05) is 11.6 Å². The Labute approximate surface area is 208 Å². The SMILES string of the molecule is Nc1nc2cc(Cl)c(Cn3c(C(=O)O)c(-c4ccc[nH]c4=O)c4cc5c(cc43)CCC5)cc2c(=O)[nH]1. The van der Waals surface area contributed by atoms with Crippen LogP contribution in [0.15, 0.2) is 52.2 Å². The minimum atomic E-state index is -1.17. The van der Waals surface area contributed by atoms with Gasteiger partial charge in [0.05, 0.1) is 10.9 Å². The lowest BCUT2D eigenvalue weighted by molar-refractivity contribution is 0.0687. The lowest BCUT2D eigenvalue weighted by atomic mass is 10.00. The van der Waals surface area contributed by atoms with E-state index in [0.717, 1.165) is 30.4 Å². The van der Waals surface area contributed by atoms with Gasteiger partial charge in [-0.2, -0.15) is 0 Å². The smallest absolute Gasteiger partial charge is 0.353 e. The number of H-pyrrole nitrogens is 2. The zero-order valence-corrected chi connectivity index (χ0v) is 19.6. The highest BCUT2D eigenvalue weighted by molar-refractivity contribution is 6.32. The van der Waals surface area contributed by atoms with E-state index in [1.165, 1.54) is 6.20 Å². The molecule has 0 amide bonds. The van der Waals surface area contributed by atoms with Crippen molar-refractivity contribution in [2.24, 2.45) is 0 Å². The first-order valence-corrected chi connectivity index (χ1v) is 11.8. The summed E-state index contributed by atoms with van der Waals surface area (Å²) in [4.78, 5) is 47.2. The Morgan fingerprint density at radius 3 is 2.64 bits per heavy atom. The number of pyridine rings is 1. The van der Waals surface area contributed by atoms with E-state index in [2.05, 4.69) is 15.0 Å². The van der Waals surface area contributed by atoms with Crippen LogP contribution in [0, 0.1) is 0 Å². The fourth-order valence-corrected chi connectivity index (χ4v) is 5.43. The number of rotatable bonds is 4. The fraction of sp³-hybridized carbons (Fsp3) is 0.154. The quantitative estimate of drug-likeness (QED) is 0.295. The minimum Gasteiger partial charge on any atom is -0.477 e. The van der Waals surface area contributed by atoms with Crippen molar-refractivity contribution in [1.82, 2.24) is 19.5 Å². The lowest BCUT2D eigenvalue weighted by Crippen LogP contribution is -2.15. The van der Waals surface area contributed by atoms with E-state index in [1.54, 1.807) is 28.8 Å². The van der Waals surface area contributed by atoms with E-state index < -0.39 is 11.5 Å². The Balaban J connectivity index is 1.66. The molecule has 0 aliphatic heterocycles. The summed E-state index contributed by atoms with van der Waals surface area (Å²) in [6, 6.07) is 10.4. The zero-order chi connectivity index (χ0) is 25.1. The van der Waals surface area contributed by atoms with E-state index >= 15 is 0 Å². The van der Waals surface area contributed by atoms with Gasteiger partial charge in [0.2, 0.25) is 5.95 Å². The molecule has 2 aromatic carbocycles. The van der Waals surface area contributed by atoms with Crippen LogP contribution in [0.3, 0.4) is 0 Å². The van der Waals surface area contributed by atoms with E-state index in [0.29, 0.717) is 32.6 Å². The van der Waals surface area contributed by atoms with Crippen molar-refractivity contribution in [3.05, 3.63) is 90.7 Å². The molecule has 6 rings (SSSR count). The maximum Gasteiger partial charge on any atom is 0.353 e. The number of carboxylic acids is 1. The number of benzene rings is 2. The predicted octanol–water partition coefficient (Wildman–Crippen LogP) is 3.70. The molecule has 5 aromatic rings. The number of hydrogen-bond donors (Lipinski definition) is 4. The number of hydrogen-bond acceptors (Lipinski definition) is 5. The summed E-state index contributed by atoms with van der Waals surface area (Å²) < 4.78 is 1.66. The normalized spacial score (nSPS) is 12.9. The standard InChI is InChI=1S/C26H20ClN5O4/c27-18-10-19-16(24(34)31-26(28)30-19)8-14(18)11-32-20-9-13-4-1-3-12(13)7-17(20)21(22(32)25(35)36)15-5-2-6-29-23(15)33/h2,5-10H,1,3-4,11H2,(H,29,33)(H,35,36)(H3,28,30,31,34). The molecule has 180 valence electrons. The van der Waals surface area contributed by atoms with Gasteiger partial charge in [0.15, 0.2) is 0 Å². The molecule has 0 spiro atoms. The Morgan fingerprint density at radius 2 is 1.89 bits per heavy atom. The second-order valence-electron chi connectivity index (χ2n) is 8.93. The summed E-state index contributed by atoms with van der Waals surface area (Å²) in [5.74, 6) is -1.19. The lowest BCUT2D eigenvalue weighted by Gasteiger charge is -2.12. The number of aromatic nitrogens is 4. The van der Waals surface area contributed by atoms with Gasteiger partial charge in [0.25, 0.3) is 11.1 Å². The van der Waals surface area contributed by atoms with E-state index in [-0.39, 0.29) is 34.7 Å². The minimum absolute atomic E-state index is 0.0209. The van der Waals surface area contributed by atoms with Crippen LogP contribution in [-0.2, 0) is 19.4 Å². The van der Waals surface area contributed by atoms with Gasteiger partial charge in [-0.3, -0.25) is 14.6 Å². The van der Waals surface area contributed by atoms with Gasteiger partial charge in [0.1, 0.15) is 5.69 Å². The van der Waals surface area contributed by atoms with Crippen LogP contribution in [0.25, 0.3) is 32.9 Å². The van der Waals surface area contributed by atoms with Crippen LogP contribution in [0.4, 0.5) is 5.95 Å². The van der Waals surface area contributed by atoms with Crippen molar-refractivity contribution in [2.45, 2.75) is 25.8 Å². The highest BCUT2D eigenvalue weighted by atomic mass is 35.5. The molecule has 36 heavy (non-hydrogen) atoms. The molecule has 0 fully saturated rings. The van der Waals surface area contributed by atoms with Crippen LogP contribution in [0.2, 0.25) is 5.02 Å². The number of nitrogen functional groups attached to an aromatic ring is 1. The number of nitrogens with one attached hydrogen (secondary N) is 2. The predicted molar refractivity (Wildman–Crippen MR) is 138 cm³/mol. The maximum atomic E-state index is 12.8.